The van der Waals surface area contributed by atoms with Crippen molar-refractivity contribution in [1.82, 2.24) is 0 Å². The van der Waals surface area contributed by atoms with Crippen molar-refractivity contribution < 1.29 is 37.9 Å². The number of nitrogens with one attached hydrogen (secondary N) is 1. The van der Waals surface area contributed by atoms with Gasteiger partial charge >= 0.3 is 5.97 Å². The lowest BCUT2D eigenvalue weighted by molar-refractivity contribution is -0.384. The van der Waals surface area contributed by atoms with Crippen molar-refractivity contribution in [3.05, 3.63) is 51.8 Å². The summed E-state index contributed by atoms with van der Waals surface area (Å²) in [5.74, 6) is -2.15. The van der Waals surface area contributed by atoms with E-state index in [0.717, 1.165) is 18.2 Å². The average molecular weight is 420 g/mol. The van der Waals surface area contributed by atoms with Crippen LogP contribution in [0.15, 0.2) is 30.3 Å². The minimum atomic E-state index is -1.07. The first-order valence-electron chi connectivity index (χ1n) is 8.77. The SMILES string of the molecule is COc1ccc(C(=O)OCC(=O)Nc2cc3c(cc2[N+](=O)[O-])OCCCO3)c(F)c1. The Labute approximate surface area is 169 Å². The predicted molar refractivity (Wildman–Crippen MR) is 101 cm³/mol. The highest BCUT2D eigenvalue weighted by atomic mass is 19.1. The highest BCUT2D eigenvalue weighted by Gasteiger charge is 2.23. The van der Waals surface area contributed by atoms with Gasteiger partial charge in [0.05, 0.1) is 36.9 Å². The van der Waals surface area contributed by atoms with Gasteiger partial charge in [-0.1, -0.05) is 0 Å². The van der Waals surface area contributed by atoms with E-state index in [0.29, 0.717) is 19.6 Å². The number of esters is 1. The van der Waals surface area contributed by atoms with Crippen LogP contribution in [0.5, 0.6) is 17.2 Å². The van der Waals surface area contributed by atoms with Gasteiger partial charge in [-0.05, 0) is 12.1 Å². The maximum atomic E-state index is 13.9. The molecule has 0 atom stereocenters. The Morgan fingerprint density at radius 3 is 2.53 bits per heavy atom. The highest BCUT2D eigenvalue weighted by Crippen LogP contribution is 2.39. The Morgan fingerprint density at radius 1 is 1.20 bits per heavy atom. The topological polar surface area (TPSA) is 126 Å². The number of carbonyl (C=O) groups excluding carboxylic acids is 2. The van der Waals surface area contributed by atoms with Crippen LogP contribution >= 0.6 is 0 Å². The third-order valence-corrected chi connectivity index (χ3v) is 4.07. The largest absolute Gasteiger partial charge is 0.497 e. The monoisotopic (exact) mass is 420 g/mol. The molecule has 0 aromatic heterocycles. The van der Waals surface area contributed by atoms with Crippen molar-refractivity contribution in [1.29, 1.82) is 0 Å². The van der Waals surface area contributed by atoms with Gasteiger partial charge in [0.15, 0.2) is 18.1 Å². The molecule has 0 saturated carbocycles. The maximum absolute atomic E-state index is 13.9. The first-order chi connectivity index (χ1) is 14.4. The van der Waals surface area contributed by atoms with Crippen LogP contribution in [0.25, 0.3) is 0 Å². The number of hydrogen-bond acceptors (Lipinski definition) is 8. The van der Waals surface area contributed by atoms with Crippen LogP contribution in [0, 0.1) is 15.9 Å². The summed E-state index contributed by atoms with van der Waals surface area (Å²) < 4.78 is 34.4. The predicted octanol–water partition coefficient (Wildman–Crippen LogP) is 2.70. The lowest BCUT2D eigenvalue weighted by atomic mass is 10.2. The number of methoxy groups -OCH3 is 1. The van der Waals surface area contributed by atoms with Crippen LogP contribution in [0.4, 0.5) is 15.8 Å². The molecule has 10 nitrogen and oxygen atoms in total. The molecule has 0 saturated heterocycles. The first kappa shape index (κ1) is 20.8. The molecule has 1 N–H and O–H groups in total. The van der Waals surface area contributed by atoms with Crippen LogP contribution in [0.3, 0.4) is 0 Å². The van der Waals surface area contributed by atoms with E-state index in [9.17, 15) is 24.1 Å². The van der Waals surface area contributed by atoms with E-state index in [-0.39, 0.29) is 28.5 Å². The Bertz CT molecular complexity index is 995. The standard InChI is InChI=1S/C19H17FN2O8/c1-27-11-3-4-12(13(20)7-11)19(24)30-10-18(23)21-14-8-16-17(9-15(14)22(25)26)29-6-2-5-28-16/h3-4,7-9H,2,5-6,10H2,1H3,(H,21,23). The summed E-state index contributed by atoms with van der Waals surface area (Å²) in [5, 5.41) is 13.6. The number of nitro groups is 1. The van der Waals surface area contributed by atoms with Crippen LogP contribution in [-0.2, 0) is 9.53 Å². The maximum Gasteiger partial charge on any atom is 0.341 e. The molecule has 11 heteroatoms. The van der Waals surface area contributed by atoms with Crippen LogP contribution in [-0.4, -0.2) is 43.7 Å². The summed E-state index contributed by atoms with van der Waals surface area (Å²) in [4.78, 5) is 34.8. The second-order valence-corrected chi connectivity index (χ2v) is 6.09. The van der Waals surface area contributed by atoms with Crippen molar-refractivity contribution in [3.8, 4) is 17.2 Å². The fraction of sp³-hybridized carbons (Fsp3) is 0.263. The molecule has 0 aliphatic carbocycles. The van der Waals surface area contributed by atoms with E-state index in [4.69, 9.17) is 18.9 Å². The van der Waals surface area contributed by atoms with Gasteiger partial charge in [0.1, 0.15) is 17.3 Å². The summed E-state index contributed by atoms with van der Waals surface area (Å²) in [5.41, 5.74) is -0.953. The molecule has 3 rings (SSSR count). The number of fused-ring (bicyclic) bond motifs is 1. The molecule has 0 fully saturated rings. The molecule has 158 valence electrons. The zero-order chi connectivity index (χ0) is 21.7. The molecule has 30 heavy (non-hydrogen) atoms. The molecule has 1 amide bonds. The normalized spacial score (nSPS) is 12.5. The lowest BCUT2D eigenvalue weighted by Gasteiger charge is -2.11. The second-order valence-electron chi connectivity index (χ2n) is 6.09. The second kappa shape index (κ2) is 9.07. The molecule has 1 heterocycles. The Morgan fingerprint density at radius 2 is 1.90 bits per heavy atom. The number of halogens is 1. The zero-order valence-electron chi connectivity index (χ0n) is 15.8. The molecule has 2 aromatic rings. The van der Waals surface area contributed by atoms with Crippen molar-refractivity contribution in [2.24, 2.45) is 0 Å². The molecule has 1 aliphatic heterocycles. The van der Waals surface area contributed by atoms with Gasteiger partial charge in [0.25, 0.3) is 11.6 Å². The smallest absolute Gasteiger partial charge is 0.341 e. The van der Waals surface area contributed by atoms with Crippen LogP contribution < -0.4 is 19.5 Å². The van der Waals surface area contributed by atoms with Gasteiger partial charge in [-0.2, -0.15) is 0 Å². The van der Waals surface area contributed by atoms with Gasteiger partial charge < -0.3 is 24.3 Å². The number of carbonyl (C=O) groups is 2. The number of ether oxygens (including phenoxy) is 4. The van der Waals surface area contributed by atoms with E-state index < -0.39 is 34.9 Å². The number of rotatable bonds is 6. The Hall–Kier alpha value is -3.89. The average Bonchev–Trinajstić information content (AvgIpc) is 2.96. The van der Waals surface area contributed by atoms with Gasteiger partial charge in [0, 0.05) is 18.6 Å². The van der Waals surface area contributed by atoms with Crippen molar-refractivity contribution in [3.63, 3.8) is 0 Å². The van der Waals surface area contributed by atoms with E-state index in [1.54, 1.807) is 0 Å². The minimum Gasteiger partial charge on any atom is -0.497 e. The minimum absolute atomic E-state index is 0.152. The molecule has 0 spiro atoms. The van der Waals surface area contributed by atoms with E-state index in [1.807, 2.05) is 0 Å². The molecule has 0 radical (unpaired) electrons. The fourth-order valence-electron chi connectivity index (χ4n) is 2.63. The van der Waals surface area contributed by atoms with Gasteiger partial charge in [-0.15, -0.1) is 0 Å². The highest BCUT2D eigenvalue weighted by molar-refractivity contribution is 5.97. The Balaban J connectivity index is 1.69. The van der Waals surface area contributed by atoms with Crippen LogP contribution in [0.2, 0.25) is 0 Å². The van der Waals surface area contributed by atoms with Crippen molar-refractivity contribution >= 4 is 23.3 Å². The molecular formula is C19H17FN2O8. The van der Waals surface area contributed by atoms with E-state index in [2.05, 4.69) is 5.32 Å². The van der Waals surface area contributed by atoms with Gasteiger partial charge in [-0.3, -0.25) is 14.9 Å². The third kappa shape index (κ3) is 4.74. The van der Waals surface area contributed by atoms with Gasteiger partial charge in [-0.25, -0.2) is 9.18 Å². The summed E-state index contributed by atoms with van der Waals surface area (Å²) in [6.45, 7) is -0.0904. The summed E-state index contributed by atoms with van der Waals surface area (Å²) >= 11 is 0. The quantitative estimate of drug-likeness (QED) is 0.429. The molecule has 0 bridgehead atoms. The van der Waals surface area contributed by atoms with E-state index in [1.165, 1.54) is 19.2 Å². The van der Waals surface area contributed by atoms with Crippen LogP contribution in [0.1, 0.15) is 16.8 Å². The number of nitro benzene ring substituents is 1. The first-order valence-corrected chi connectivity index (χ1v) is 8.77. The molecule has 0 unspecified atom stereocenters. The number of nitrogens with zero attached hydrogens (tertiary/aromatic N) is 1. The summed E-state index contributed by atoms with van der Waals surface area (Å²) in [7, 11) is 1.34. The van der Waals surface area contributed by atoms with E-state index >= 15 is 0 Å². The fourth-order valence-corrected chi connectivity index (χ4v) is 2.63. The van der Waals surface area contributed by atoms with Crippen molar-refractivity contribution in [2.75, 3.05) is 32.2 Å². The molecular weight excluding hydrogens is 403 g/mol. The summed E-state index contributed by atoms with van der Waals surface area (Å²) in [6.07, 6.45) is 0.599. The Kier molecular flexibility index (Phi) is 6.30. The summed E-state index contributed by atoms with van der Waals surface area (Å²) in [6, 6.07) is 5.93. The number of anilines is 1. The lowest BCUT2D eigenvalue weighted by Crippen LogP contribution is -2.22. The number of amides is 1. The van der Waals surface area contributed by atoms with Crippen molar-refractivity contribution in [2.45, 2.75) is 6.42 Å². The molecule has 1 aliphatic rings. The molecule has 2 aromatic carbocycles. The zero-order valence-corrected chi connectivity index (χ0v) is 15.8. The van der Waals surface area contributed by atoms with Gasteiger partial charge in [0.2, 0.25) is 0 Å². The number of benzene rings is 2. The number of hydrogen-bond donors (Lipinski definition) is 1. The third-order valence-electron chi connectivity index (χ3n) is 4.07.